The van der Waals surface area contributed by atoms with Gasteiger partial charge in [-0.2, -0.15) is 12.6 Å². The number of hydrogen-bond acceptors (Lipinski definition) is 3. The maximum absolute atomic E-state index is 4.78. The molecule has 0 atom stereocenters. The molecule has 16 heavy (non-hydrogen) atoms. The molecule has 0 heterocycles. The maximum atomic E-state index is 4.78. The molecular formula is C13H12S3. The van der Waals surface area contributed by atoms with E-state index in [-0.39, 0.29) is 0 Å². The number of hydrogen-bond donors (Lipinski definition) is 2. The van der Waals surface area contributed by atoms with Gasteiger partial charge < -0.3 is 0 Å². The zero-order valence-corrected chi connectivity index (χ0v) is 11.2. The molecule has 0 aliphatic rings. The minimum absolute atomic E-state index is 0.397. The van der Waals surface area contributed by atoms with Crippen LogP contribution in [0.1, 0.15) is 11.1 Å². The van der Waals surface area contributed by atoms with Gasteiger partial charge in [0.25, 0.3) is 0 Å². The summed E-state index contributed by atoms with van der Waals surface area (Å²) in [5, 5.41) is 0. The molecule has 0 aliphatic carbocycles. The van der Waals surface area contributed by atoms with E-state index in [0.717, 1.165) is 11.1 Å². The van der Waals surface area contributed by atoms with Crippen LogP contribution in [-0.4, -0.2) is 0 Å². The van der Waals surface area contributed by atoms with Crippen molar-refractivity contribution in [2.24, 2.45) is 0 Å². The third kappa shape index (κ3) is 2.26. The highest BCUT2D eigenvalue weighted by Gasteiger charge is 2.29. The summed E-state index contributed by atoms with van der Waals surface area (Å²) in [5.74, 6) is 0. The minimum Gasteiger partial charge on any atom is -0.151 e. The van der Waals surface area contributed by atoms with Crippen molar-refractivity contribution in [3.63, 3.8) is 0 Å². The average Bonchev–Trinajstić information content (AvgIpc) is 2.40. The van der Waals surface area contributed by atoms with Crippen LogP contribution in [0.4, 0.5) is 0 Å². The fraction of sp³-hybridized carbons (Fsp3) is 0.0769. The Hall–Kier alpha value is -0.510. The summed E-state index contributed by atoms with van der Waals surface area (Å²) in [6, 6.07) is 20.4. The largest absolute Gasteiger partial charge is 0.151 e. The maximum Gasteiger partial charge on any atom is 0.118 e. The fourth-order valence-electron chi connectivity index (χ4n) is 1.60. The lowest BCUT2D eigenvalue weighted by molar-refractivity contribution is 1.09. The molecule has 0 radical (unpaired) electrons. The Balaban J connectivity index is 2.49. The van der Waals surface area contributed by atoms with Crippen molar-refractivity contribution in [3.8, 4) is 0 Å². The highest BCUT2D eigenvalue weighted by atomic mass is 33.1. The highest BCUT2D eigenvalue weighted by molar-refractivity contribution is 8.70. The predicted molar refractivity (Wildman–Crippen MR) is 79.2 cm³/mol. The second-order valence-corrected chi connectivity index (χ2v) is 5.78. The molecule has 2 aromatic carbocycles. The average molecular weight is 264 g/mol. The van der Waals surface area contributed by atoms with E-state index >= 15 is 0 Å². The second-order valence-electron chi connectivity index (χ2n) is 3.47. The minimum atomic E-state index is -0.397. The highest BCUT2D eigenvalue weighted by Crippen LogP contribution is 2.47. The van der Waals surface area contributed by atoms with Gasteiger partial charge in [0.05, 0.1) is 0 Å². The van der Waals surface area contributed by atoms with Gasteiger partial charge in [-0.25, -0.2) is 0 Å². The molecule has 0 bridgehead atoms. The van der Waals surface area contributed by atoms with Crippen LogP contribution in [0.2, 0.25) is 0 Å². The summed E-state index contributed by atoms with van der Waals surface area (Å²) in [6.45, 7) is 0. The summed E-state index contributed by atoms with van der Waals surface area (Å²) in [7, 11) is 1.44. The molecule has 0 unspecified atom stereocenters. The third-order valence-corrected chi connectivity index (χ3v) is 5.24. The van der Waals surface area contributed by atoms with E-state index in [1.807, 2.05) is 36.4 Å². The summed E-state index contributed by atoms with van der Waals surface area (Å²) in [6.07, 6.45) is 0. The van der Waals surface area contributed by atoms with E-state index in [0.29, 0.717) is 0 Å². The lowest BCUT2D eigenvalue weighted by Crippen LogP contribution is -2.14. The number of thiol groups is 2. The Morgan fingerprint density at radius 1 is 0.750 bits per heavy atom. The van der Waals surface area contributed by atoms with Crippen LogP contribution in [0.15, 0.2) is 60.7 Å². The monoisotopic (exact) mass is 264 g/mol. The van der Waals surface area contributed by atoms with Crippen molar-refractivity contribution in [1.29, 1.82) is 0 Å². The van der Waals surface area contributed by atoms with Gasteiger partial charge in [0.1, 0.15) is 4.08 Å². The van der Waals surface area contributed by atoms with E-state index in [2.05, 4.69) is 35.9 Å². The SMILES string of the molecule is SSC(S)(c1ccccc1)c1ccccc1. The lowest BCUT2D eigenvalue weighted by Gasteiger charge is -2.26. The normalized spacial score (nSPS) is 11.4. The van der Waals surface area contributed by atoms with Crippen LogP contribution in [0, 0.1) is 0 Å². The van der Waals surface area contributed by atoms with E-state index in [1.54, 1.807) is 0 Å². The Morgan fingerprint density at radius 2 is 1.12 bits per heavy atom. The van der Waals surface area contributed by atoms with Crippen molar-refractivity contribution in [1.82, 2.24) is 0 Å². The third-order valence-electron chi connectivity index (χ3n) is 2.46. The first-order chi connectivity index (χ1) is 7.77. The molecule has 2 aromatic rings. The summed E-state index contributed by atoms with van der Waals surface area (Å²) in [4.78, 5) is 0. The van der Waals surface area contributed by atoms with Gasteiger partial charge >= 0.3 is 0 Å². The van der Waals surface area contributed by atoms with Gasteiger partial charge in [0.15, 0.2) is 0 Å². The number of benzene rings is 2. The summed E-state index contributed by atoms with van der Waals surface area (Å²) >= 11 is 9.15. The summed E-state index contributed by atoms with van der Waals surface area (Å²) in [5.41, 5.74) is 2.29. The Labute approximate surface area is 111 Å². The molecule has 0 saturated heterocycles. The standard InChI is InChI=1S/C13H12S3/c14-13(16-15,11-7-3-1-4-8-11)12-9-5-2-6-10-12/h1-10,14-15H. The fourth-order valence-corrected chi connectivity index (χ4v) is 3.01. The van der Waals surface area contributed by atoms with Gasteiger partial charge in [0.2, 0.25) is 0 Å². The van der Waals surface area contributed by atoms with Crippen LogP contribution in [0.5, 0.6) is 0 Å². The van der Waals surface area contributed by atoms with Gasteiger partial charge in [-0.15, -0.1) is 11.7 Å². The predicted octanol–water partition coefficient (Wildman–Crippen LogP) is 4.40. The van der Waals surface area contributed by atoms with E-state index in [4.69, 9.17) is 12.6 Å². The van der Waals surface area contributed by atoms with Crippen molar-refractivity contribution < 1.29 is 0 Å². The van der Waals surface area contributed by atoms with Crippen LogP contribution in [-0.2, 0) is 4.08 Å². The molecule has 0 spiro atoms. The van der Waals surface area contributed by atoms with E-state index < -0.39 is 4.08 Å². The summed E-state index contributed by atoms with van der Waals surface area (Å²) < 4.78 is -0.397. The molecule has 0 saturated carbocycles. The van der Waals surface area contributed by atoms with Crippen LogP contribution >= 0.6 is 35.1 Å². The zero-order valence-electron chi connectivity index (χ0n) is 8.58. The van der Waals surface area contributed by atoms with Gasteiger partial charge in [-0.3, -0.25) is 0 Å². The van der Waals surface area contributed by atoms with Crippen LogP contribution in [0.25, 0.3) is 0 Å². The van der Waals surface area contributed by atoms with E-state index in [1.165, 1.54) is 10.8 Å². The second kappa shape index (κ2) is 5.21. The van der Waals surface area contributed by atoms with Gasteiger partial charge in [-0.1, -0.05) is 71.5 Å². The molecule has 0 aliphatic heterocycles. The molecule has 0 aromatic heterocycles. The first kappa shape index (κ1) is 12.0. The Kier molecular flexibility index (Phi) is 3.90. The molecule has 0 fully saturated rings. The first-order valence-electron chi connectivity index (χ1n) is 4.93. The molecule has 82 valence electrons. The van der Waals surface area contributed by atoms with Crippen molar-refractivity contribution in [3.05, 3.63) is 71.8 Å². The number of rotatable bonds is 3. The molecule has 0 amide bonds. The van der Waals surface area contributed by atoms with Crippen molar-refractivity contribution >= 4 is 35.1 Å². The first-order valence-corrected chi connectivity index (χ1v) is 7.25. The molecule has 0 nitrogen and oxygen atoms in total. The van der Waals surface area contributed by atoms with Gasteiger partial charge in [0, 0.05) is 0 Å². The molecule has 0 N–H and O–H groups in total. The lowest BCUT2D eigenvalue weighted by atomic mass is 10.0. The molecule has 2 rings (SSSR count). The van der Waals surface area contributed by atoms with Gasteiger partial charge in [-0.05, 0) is 11.1 Å². The van der Waals surface area contributed by atoms with Crippen molar-refractivity contribution in [2.75, 3.05) is 0 Å². The smallest absolute Gasteiger partial charge is 0.118 e. The Morgan fingerprint density at radius 3 is 1.44 bits per heavy atom. The zero-order chi connectivity index (χ0) is 11.4. The Bertz CT molecular complexity index is 400. The van der Waals surface area contributed by atoms with Crippen molar-refractivity contribution in [2.45, 2.75) is 4.08 Å². The molecule has 3 heteroatoms. The topological polar surface area (TPSA) is 0 Å². The van der Waals surface area contributed by atoms with Crippen LogP contribution < -0.4 is 0 Å². The quantitative estimate of drug-likeness (QED) is 0.471. The molecular weight excluding hydrogens is 252 g/mol. The van der Waals surface area contributed by atoms with E-state index in [9.17, 15) is 0 Å². The van der Waals surface area contributed by atoms with Crippen LogP contribution in [0.3, 0.4) is 0 Å².